The average Bonchev–Trinajstić information content (AvgIpc) is 2.22. The molecular weight excluding hydrogens is 378 g/mol. The SMILES string of the molecule is CC(C)OP(=O)(OC(C)C)SCOP(=S)(OC(C)C)OC(C)C. The lowest BCUT2D eigenvalue weighted by molar-refractivity contribution is 0.120. The van der Waals surface area contributed by atoms with Crippen LogP contribution >= 0.6 is 24.9 Å². The van der Waals surface area contributed by atoms with Gasteiger partial charge < -0.3 is 9.05 Å². The highest BCUT2D eigenvalue weighted by molar-refractivity contribution is 8.55. The molecule has 0 atom stereocenters. The van der Waals surface area contributed by atoms with Crippen LogP contribution in [-0.2, 0) is 39.0 Å². The van der Waals surface area contributed by atoms with Gasteiger partial charge in [0.2, 0.25) is 0 Å². The largest absolute Gasteiger partial charge is 0.391 e. The molecule has 6 nitrogen and oxygen atoms in total. The molecule has 0 bridgehead atoms. The summed E-state index contributed by atoms with van der Waals surface area (Å²) < 4.78 is 40.4. The van der Waals surface area contributed by atoms with E-state index in [4.69, 9.17) is 34.4 Å². The molecule has 0 aliphatic carbocycles. The van der Waals surface area contributed by atoms with Gasteiger partial charge in [-0.05, 0) is 78.6 Å². The van der Waals surface area contributed by atoms with Gasteiger partial charge in [0.1, 0.15) is 5.94 Å². The molecule has 23 heavy (non-hydrogen) atoms. The molecule has 0 aromatic rings. The van der Waals surface area contributed by atoms with Crippen LogP contribution in [0, 0.1) is 0 Å². The fourth-order valence-electron chi connectivity index (χ4n) is 1.36. The monoisotopic (exact) mass is 408 g/mol. The van der Waals surface area contributed by atoms with Gasteiger partial charge in [-0.15, -0.1) is 0 Å². The molecular formula is C13H30O6P2S2. The zero-order valence-corrected chi connectivity index (χ0v) is 18.6. The first-order chi connectivity index (χ1) is 10.4. The van der Waals surface area contributed by atoms with Crippen LogP contribution in [0.5, 0.6) is 0 Å². The number of hydrogen-bond acceptors (Lipinski definition) is 8. The van der Waals surface area contributed by atoms with Crippen molar-refractivity contribution >= 4 is 36.7 Å². The molecule has 0 aromatic heterocycles. The van der Waals surface area contributed by atoms with Crippen molar-refractivity contribution in [1.29, 1.82) is 0 Å². The highest BCUT2D eigenvalue weighted by atomic mass is 32.7. The Bertz CT molecular complexity index is 363. The van der Waals surface area contributed by atoms with Gasteiger partial charge in [0, 0.05) is 0 Å². The summed E-state index contributed by atoms with van der Waals surface area (Å²) in [4.78, 5) is 0. The molecule has 0 aliphatic heterocycles. The van der Waals surface area contributed by atoms with Crippen LogP contribution in [0.4, 0.5) is 0 Å². The maximum Gasteiger partial charge on any atom is 0.391 e. The van der Waals surface area contributed by atoms with Gasteiger partial charge in [-0.2, -0.15) is 0 Å². The third-order valence-electron chi connectivity index (χ3n) is 1.78. The van der Waals surface area contributed by atoms with E-state index < -0.39 is 13.5 Å². The molecule has 0 aliphatic rings. The van der Waals surface area contributed by atoms with Crippen molar-refractivity contribution in [2.75, 3.05) is 5.94 Å². The molecule has 0 radical (unpaired) electrons. The Morgan fingerprint density at radius 3 is 1.43 bits per heavy atom. The molecule has 0 fully saturated rings. The highest BCUT2D eigenvalue weighted by Gasteiger charge is 2.31. The first kappa shape index (κ1) is 24.0. The van der Waals surface area contributed by atoms with Gasteiger partial charge in [-0.25, -0.2) is 4.57 Å². The second kappa shape index (κ2) is 10.9. The van der Waals surface area contributed by atoms with E-state index in [0.717, 1.165) is 11.4 Å². The van der Waals surface area contributed by atoms with Crippen LogP contribution in [-0.4, -0.2) is 30.4 Å². The maximum absolute atomic E-state index is 12.7. The van der Waals surface area contributed by atoms with E-state index >= 15 is 0 Å². The molecule has 0 N–H and O–H groups in total. The van der Waals surface area contributed by atoms with Crippen molar-refractivity contribution in [3.63, 3.8) is 0 Å². The number of rotatable bonds is 12. The van der Waals surface area contributed by atoms with Crippen LogP contribution in [0.3, 0.4) is 0 Å². The van der Waals surface area contributed by atoms with Crippen LogP contribution in [0.2, 0.25) is 0 Å². The van der Waals surface area contributed by atoms with Gasteiger partial charge in [-0.1, -0.05) is 0 Å². The van der Waals surface area contributed by atoms with Crippen LogP contribution < -0.4 is 0 Å². The first-order valence-electron chi connectivity index (χ1n) is 7.60. The van der Waals surface area contributed by atoms with Crippen molar-refractivity contribution in [1.82, 2.24) is 0 Å². The van der Waals surface area contributed by atoms with Gasteiger partial charge in [-0.3, -0.25) is 13.6 Å². The van der Waals surface area contributed by atoms with Gasteiger partial charge >= 0.3 is 13.5 Å². The predicted octanol–water partition coefficient (Wildman–Crippen LogP) is 5.73. The molecule has 0 saturated heterocycles. The molecule has 140 valence electrons. The van der Waals surface area contributed by atoms with E-state index in [1.165, 1.54) is 0 Å². The summed E-state index contributed by atoms with van der Waals surface area (Å²) in [6, 6.07) is 0. The zero-order valence-electron chi connectivity index (χ0n) is 15.2. The lowest BCUT2D eigenvalue weighted by Crippen LogP contribution is -2.10. The Hall–Kier alpha value is 1.03. The summed E-state index contributed by atoms with van der Waals surface area (Å²) >= 11 is 6.33. The van der Waals surface area contributed by atoms with E-state index in [9.17, 15) is 4.57 Å². The lowest BCUT2D eigenvalue weighted by atomic mass is 10.5. The smallest absolute Gasteiger partial charge is 0.306 e. The summed E-state index contributed by atoms with van der Waals surface area (Å²) in [5.41, 5.74) is 0. The summed E-state index contributed by atoms with van der Waals surface area (Å²) in [6.45, 7) is 8.38. The van der Waals surface area contributed by atoms with Crippen LogP contribution in [0.15, 0.2) is 0 Å². The maximum atomic E-state index is 12.7. The Labute approximate surface area is 149 Å². The Kier molecular flexibility index (Phi) is 11.4. The minimum Gasteiger partial charge on any atom is -0.306 e. The van der Waals surface area contributed by atoms with Gasteiger partial charge in [0.25, 0.3) is 0 Å². The van der Waals surface area contributed by atoms with E-state index in [0.29, 0.717) is 0 Å². The topological polar surface area (TPSA) is 63.2 Å². The number of hydrogen-bond donors (Lipinski definition) is 0. The molecule has 0 aromatic carbocycles. The minimum atomic E-state index is -3.33. The van der Waals surface area contributed by atoms with Crippen molar-refractivity contribution < 1.29 is 27.2 Å². The van der Waals surface area contributed by atoms with Crippen LogP contribution in [0.1, 0.15) is 55.4 Å². The second-order valence-corrected chi connectivity index (χ2v) is 12.7. The minimum absolute atomic E-state index is 0.00738. The normalized spacial score (nSPS) is 13.7. The predicted molar refractivity (Wildman–Crippen MR) is 100 cm³/mol. The Morgan fingerprint density at radius 2 is 1.13 bits per heavy atom. The zero-order chi connectivity index (χ0) is 18.3. The van der Waals surface area contributed by atoms with Gasteiger partial charge in [0.15, 0.2) is 0 Å². The third kappa shape index (κ3) is 12.1. The van der Waals surface area contributed by atoms with Gasteiger partial charge in [0.05, 0.1) is 24.4 Å². The Morgan fingerprint density at radius 1 is 0.783 bits per heavy atom. The van der Waals surface area contributed by atoms with E-state index in [1.54, 1.807) is 27.7 Å². The molecule has 0 spiro atoms. The summed E-state index contributed by atoms with van der Waals surface area (Å²) in [6.07, 6.45) is -0.714. The second-order valence-electron chi connectivity index (χ2n) is 5.89. The molecule has 0 amide bonds. The van der Waals surface area contributed by atoms with Crippen molar-refractivity contribution in [2.45, 2.75) is 79.8 Å². The van der Waals surface area contributed by atoms with E-state index in [2.05, 4.69) is 0 Å². The summed E-state index contributed by atoms with van der Waals surface area (Å²) in [5.74, 6) is 0.00738. The molecule has 10 heteroatoms. The molecule has 0 unspecified atom stereocenters. The third-order valence-corrected chi connectivity index (χ3v) is 8.27. The summed E-state index contributed by atoms with van der Waals surface area (Å²) in [5, 5.41) is 0. The standard InChI is InChI=1S/C13H30O6P2S2/c1-10(2)16-20(14,17-11(3)4)23-9-15-21(22,18-12(5)6)19-13(7)8/h10-13H,9H2,1-8H3. The van der Waals surface area contributed by atoms with Crippen LogP contribution in [0.25, 0.3) is 0 Å². The Balaban J connectivity index is 4.80. The molecule has 0 heterocycles. The average molecular weight is 408 g/mol. The quantitative estimate of drug-likeness (QED) is 0.300. The fraction of sp³-hybridized carbons (Fsp3) is 1.00. The first-order valence-corrected chi connectivity index (χ1v) is 13.3. The summed E-state index contributed by atoms with van der Waals surface area (Å²) in [7, 11) is 0. The molecule has 0 saturated carbocycles. The highest BCUT2D eigenvalue weighted by Crippen LogP contribution is 2.64. The van der Waals surface area contributed by atoms with Crippen molar-refractivity contribution in [3.05, 3.63) is 0 Å². The van der Waals surface area contributed by atoms with Crippen molar-refractivity contribution in [2.24, 2.45) is 0 Å². The molecule has 0 rings (SSSR count). The van der Waals surface area contributed by atoms with E-state index in [1.807, 2.05) is 27.7 Å². The van der Waals surface area contributed by atoms with E-state index in [-0.39, 0.29) is 30.4 Å². The van der Waals surface area contributed by atoms with Crippen molar-refractivity contribution in [3.8, 4) is 0 Å². The lowest BCUT2D eigenvalue weighted by Gasteiger charge is -2.26. The fourth-order valence-corrected chi connectivity index (χ4v) is 8.23.